The van der Waals surface area contributed by atoms with E-state index < -0.39 is 32.5 Å². The first-order chi connectivity index (χ1) is 20.3. The van der Waals surface area contributed by atoms with Crippen molar-refractivity contribution in [2.24, 2.45) is 0 Å². The van der Waals surface area contributed by atoms with Gasteiger partial charge in [0.1, 0.15) is 18.0 Å². The molecule has 4 rings (SSSR count). The van der Waals surface area contributed by atoms with Crippen LogP contribution >= 0.6 is 0 Å². The number of ether oxygens (including phenoxy) is 2. The van der Waals surface area contributed by atoms with Crippen LogP contribution in [0, 0.1) is 20.8 Å². The number of rotatable bonds is 11. The molecule has 0 aliphatic rings. The number of aryl methyl sites for hydroxylation is 3. The topological polar surface area (TPSA) is 131 Å². The molecular formula is C31H33N3O7S2. The molecule has 43 heavy (non-hydrogen) atoms. The molecule has 0 saturated carbocycles. The van der Waals surface area contributed by atoms with Gasteiger partial charge < -0.3 is 14.8 Å². The average Bonchev–Trinajstić information content (AvgIpc) is 2.98. The molecule has 0 fully saturated rings. The van der Waals surface area contributed by atoms with Crippen LogP contribution in [-0.4, -0.2) is 43.5 Å². The number of amides is 1. The van der Waals surface area contributed by atoms with Crippen molar-refractivity contribution in [3.8, 4) is 11.5 Å². The highest BCUT2D eigenvalue weighted by atomic mass is 32.2. The molecule has 0 radical (unpaired) electrons. The van der Waals surface area contributed by atoms with Gasteiger partial charge in [0.05, 0.1) is 29.7 Å². The molecule has 0 spiro atoms. The Labute approximate surface area is 252 Å². The van der Waals surface area contributed by atoms with Crippen LogP contribution in [-0.2, 0) is 24.8 Å². The summed E-state index contributed by atoms with van der Waals surface area (Å²) in [7, 11) is -5.23. The van der Waals surface area contributed by atoms with Gasteiger partial charge in [0, 0.05) is 17.4 Å². The molecule has 10 nitrogen and oxygen atoms in total. The Balaban J connectivity index is 1.58. The molecule has 0 heterocycles. The standard InChI is InChI=1S/C31H33N3O7S2/c1-21-6-13-28(14-7-21)43(38,39)34(29-17-12-26(40-4)19-30(29)41-5)20-31(35)32-24-10-15-27(16-11-24)42(36,37)33-25-9-8-22(2)23(3)18-25/h6-19,33H,20H2,1-5H3,(H,32,35). The lowest BCUT2D eigenvalue weighted by molar-refractivity contribution is -0.114. The largest absolute Gasteiger partial charge is 0.497 e. The van der Waals surface area contributed by atoms with Gasteiger partial charge in [-0.1, -0.05) is 23.8 Å². The summed E-state index contributed by atoms with van der Waals surface area (Å²) in [5, 5.41) is 2.65. The maximum absolute atomic E-state index is 13.8. The Kier molecular flexibility index (Phi) is 9.31. The number of anilines is 3. The highest BCUT2D eigenvalue weighted by Crippen LogP contribution is 2.35. The molecule has 4 aromatic carbocycles. The van der Waals surface area contributed by atoms with E-state index in [-0.39, 0.29) is 26.9 Å². The zero-order valence-electron chi connectivity index (χ0n) is 24.4. The minimum Gasteiger partial charge on any atom is -0.497 e. The Morgan fingerprint density at radius 3 is 1.95 bits per heavy atom. The van der Waals surface area contributed by atoms with Gasteiger partial charge in [-0.3, -0.25) is 13.8 Å². The molecule has 0 saturated heterocycles. The lowest BCUT2D eigenvalue weighted by Gasteiger charge is -2.26. The Morgan fingerprint density at radius 2 is 1.35 bits per heavy atom. The van der Waals surface area contributed by atoms with Gasteiger partial charge in [0.25, 0.3) is 20.0 Å². The summed E-state index contributed by atoms with van der Waals surface area (Å²) in [6.07, 6.45) is 0. The fourth-order valence-corrected chi connectivity index (χ4v) is 6.68. The Hall–Kier alpha value is -4.55. The normalized spacial score (nSPS) is 11.5. The smallest absolute Gasteiger partial charge is 0.264 e. The fourth-order valence-electron chi connectivity index (χ4n) is 4.20. The van der Waals surface area contributed by atoms with Gasteiger partial charge in [-0.25, -0.2) is 16.8 Å². The van der Waals surface area contributed by atoms with Gasteiger partial charge in [-0.15, -0.1) is 0 Å². The highest BCUT2D eigenvalue weighted by Gasteiger charge is 2.30. The molecule has 226 valence electrons. The molecule has 1 amide bonds. The average molecular weight is 624 g/mol. The van der Waals surface area contributed by atoms with E-state index in [1.807, 2.05) is 26.8 Å². The summed E-state index contributed by atoms with van der Waals surface area (Å²) in [5.41, 5.74) is 3.72. The second-order valence-electron chi connectivity index (χ2n) is 9.84. The lowest BCUT2D eigenvalue weighted by Crippen LogP contribution is -2.38. The van der Waals surface area contributed by atoms with E-state index in [1.165, 1.54) is 62.8 Å². The summed E-state index contributed by atoms with van der Waals surface area (Å²) in [6.45, 7) is 5.07. The first-order valence-corrected chi connectivity index (χ1v) is 16.1. The van der Waals surface area contributed by atoms with Crippen LogP contribution in [0.1, 0.15) is 16.7 Å². The molecule has 0 bridgehead atoms. The van der Waals surface area contributed by atoms with Crippen LogP contribution in [0.4, 0.5) is 17.1 Å². The molecule has 0 unspecified atom stereocenters. The molecule has 12 heteroatoms. The van der Waals surface area contributed by atoms with Gasteiger partial charge in [-0.05, 0) is 92.6 Å². The number of hydrogen-bond donors (Lipinski definition) is 2. The lowest BCUT2D eigenvalue weighted by atomic mass is 10.1. The van der Waals surface area contributed by atoms with E-state index in [0.717, 1.165) is 21.0 Å². The number of benzene rings is 4. The van der Waals surface area contributed by atoms with Gasteiger partial charge in [0.15, 0.2) is 0 Å². The maximum Gasteiger partial charge on any atom is 0.264 e. The molecule has 4 aromatic rings. The monoisotopic (exact) mass is 623 g/mol. The first kappa shape index (κ1) is 31.4. The van der Waals surface area contributed by atoms with Crippen molar-refractivity contribution < 1.29 is 31.1 Å². The number of hydrogen-bond acceptors (Lipinski definition) is 7. The Bertz CT molecular complexity index is 1840. The number of nitrogens with one attached hydrogen (secondary N) is 2. The van der Waals surface area contributed by atoms with E-state index in [9.17, 15) is 21.6 Å². The van der Waals surface area contributed by atoms with Crippen molar-refractivity contribution in [2.45, 2.75) is 30.6 Å². The van der Waals surface area contributed by atoms with Crippen molar-refractivity contribution in [3.63, 3.8) is 0 Å². The van der Waals surface area contributed by atoms with Crippen molar-refractivity contribution in [1.82, 2.24) is 0 Å². The zero-order chi connectivity index (χ0) is 31.4. The quantitative estimate of drug-likeness (QED) is 0.233. The third-order valence-corrected chi connectivity index (χ3v) is 9.93. The second-order valence-corrected chi connectivity index (χ2v) is 13.4. The van der Waals surface area contributed by atoms with Crippen LogP contribution in [0.25, 0.3) is 0 Å². The maximum atomic E-state index is 13.8. The second kappa shape index (κ2) is 12.8. The summed E-state index contributed by atoms with van der Waals surface area (Å²) < 4.78 is 67.6. The molecule has 0 atom stereocenters. The summed E-state index contributed by atoms with van der Waals surface area (Å²) in [4.78, 5) is 13.2. The number of carbonyl (C=O) groups excluding carboxylic acids is 1. The third kappa shape index (κ3) is 7.27. The van der Waals surface area contributed by atoms with E-state index in [1.54, 1.807) is 30.3 Å². The van der Waals surface area contributed by atoms with Crippen LogP contribution in [0.5, 0.6) is 11.5 Å². The number of nitrogens with zero attached hydrogens (tertiary/aromatic N) is 1. The minimum absolute atomic E-state index is 0.00438. The molecule has 0 aromatic heterocycles. The predicted molar refractivity (Wildman–Crippen MR) is 167 cm³/mol. The summed E-state index contributed by atoms with van der Waals surface area (Å²) in [6, 6.07) is 21.7. The van der Waals surface area contributed by atoms with Crippen molar-refractivity contribution in [1.29, 1.82) is 0 Å². The van der Waals surface area contributed by atoms with Crippen LogP contribution in [0.15, 0.2) is 94.7 Å². The van der Waals surface area contributed by atoms with E-state index >= 15 is 0 Å². The third-order valence-electron chi connectivity index (χ3n) is 6.76. The number of sulfonamides is 2. The fraction of sp³-hybridized carbons (Fsp3) is 0.194. The predicted octanol–water partition coefficient (Wildman–Crippen LogP) is 5.26. The van der Waals surface area contributed by atoms with Gasteiger partial charge in [0.2, 0.25) is 5.91 Å². The number of methoxy groups -OCH3 is 2. The van der Waals surface area contributed by atoms with Crippen molar-refractivity contribution >= 4 is 43.0 Å². The Morgan fingerprint density at radius 1 is 0.721 bits per heavy atom. The molecule has 0 aliphatic heterocycles. The van der Waals surface area contributed by atoms with Crippen LogP contribution < -0.4 is 23.8 Å². The molecular weight excluding hydrogens is 590 g/mol. The molecule has 0 aliphatic carbocycles. The van der Waals surface area contributed by atoms with Crippen molar-refractivity contribution in [2.75, 3.05) is 35.1 Å². The van der Waals surface area contributed by atoms with Gasteiger partial charge >= 0.3 is 0 Å². The van der Waals surface area contributed by atoms with Crippen LogP contribution in [0.3, 0.4) is 0 Å². The van der Waals surface area contributed by atoms with Crippen molar-refractivity contribution in [3.05, 3.63) is 102 Å². The number of carbonyl (C=O) groups is 1. The van der Waals surface area contributed by atoms with E-state index in [4.69, 9.17) is 9.47 Å². The first-order valence-electron chi connectivity index (χ1n) is 13.2. The minimum atomic E-state index is -4.21. The summed E-state index contributed by atoms with van der Waals surface area (Å²) in [5.74, 6) is -0.0223. The van der Waals surface area contributed by atoms with Gasteiger partial charge in [-0.2, -0.15) is 0 Å². The van der Waals surface area contributed by atoms with E-state index in [0.29, 0.717) is 11.4 Å². The zero-order valence-corrected chi connectivity index (χ0v) is 26.0. The SMILES string of the molecule is COc1ccc(N(CC(=O)Nc2ccc(S(=O)(=O)Nc3ccc(C)c(C)c3)cc2)S(=O)(=O)c2ccc(C)cc2)c(OC)c1. The highest BCUT2D eigenvalue weighted by molar-refractivity contribution is 7.93. The van der Waals surface area contributed by atoms with E-state index in [2.05, 4.69) is 10.0 Å². The summed E-state index contributed by atoms with van der Waals surface area (Å²) >= 11 is 0. The van der Waals surface area contributed by atoms with Crippen LogP contribution in [0.2, 0.25) is 0 Å². The molecule has 2 N–H and O–H groups in total.